The van der Waals surface area contributed by atoms with E-state index in [4.69, 9.17) is 8.85 Å². The zero-order valence-electron chi connectivity index (χ0n) is 22.6. The molecule has 0 bridgehead atoms. The number of halogens is 7. The second kappa shape index (κ2) is 11.9. The molecule has 0 heterocycles. The van der Waals surface area contributed by atoms with Crippen molar-refractivity contribution in [1.82, 2.24) is 0 Å². The highest BCUT2D eigenvalue weighted by atomic mass is 28.4. The summed E-state index contributed by atoms with van der Waals surface area (Å²) in [7, 11) is -5.48. The van der Waals surface area contributed by atoms with E-state index in [0.717, 1.165) is 0 Å². The molecule has 0 amide bonds. The first-order valence-corrected chi connectivity index (χ1v) is 17.2. The quantitative estimate of drug-likeness (QED) is 0.122. The molecule has 0 aromatic rings. The molecule has 0 fully saturated rings. The van der Waals surface area contributed by atoms with Gasteiger partial charge in [0.25, 0.3) is 0 Å². The fraction of sp³-hybridized carbons (Fsp3) is 0.957. The topological polar surface area (TPSA) is 35.5 Å². The Labute approximate surface area is 207 Å². The fourth-order valence-electron chi connectivity index (χ4n) is 3.74. The second-order valence-electron chi connectivity index (χ2n) is 11.6. The number of carbonyl (C=O) groups is 1. The molecule has 210 valence electrons. The minimum Gasteiger partial charge on any atom is -0.417 e. The standard InChI is InChI=1S/C23H43F7O3Si2/c1-16(2)35(17(3)4,14-12-21(24,25)22(26,27)23(28,29)30)33-19(18(5)15-31)11-13-32-34(9,10)20(6,7)8/h15-19H,11-14H2,1-10H3/t18-,19+/m1/s1. The molecule has 0 saturated heterocycles. The van der Waals surface area contributed by atoms with Gasteiger partial charge >= 0.3 is 18.0 Å². The smallest absolute Gasteiger partial charge is 0.417 e. The summed E-state index contributed by atoms with van der Waals surface area (Å²) in [5.74, 6) is -12.1. The van der Waals surface area contributed by atoms with Crippen LogP contribution in [0.5, 0.6) is 0 Å². The molecule has 0 unspecified atom stereocenters. The molecule has 3 nitrogen and oxygen atoms in total. The van der Waals surface area contributed by atoms with Gasteiger partial charge in [-0.2, -0.15) is 30.7 Å². The maximum absolute atomic E-state index is 14.2. The predicted molar refractivity (Wildman–Crippen MR) is 129 cm³/mol. The summed E-state index contributed by atoms with van der Waals surface area (Å²) < 4.78 is 106. The van der Waals surface area contributed by atoms with Crippen LogP contribution in [0.4, 0.5) is 30.7 Å². The van der Waals surface area contributed by atoms with Gasteiger partial charge in [0.1, 0.15) is 6.29 Å². The van der Waals surface area contributed by atoms with Crippen molar-refractivity contribution in [3.8, 4) is 0 Å². The summed E-state index contributed by atoms with van der Waals surface area (Å²) in [4.78, 5) is 11.6. The first kappa shape index (κ1) is 34.5. The molecule has 0 aromatic carbocycles. The van der Waals surface area contributed by atoms with Crippen molar-refractivity contribution in [2.24, 2.45) is 5.92 Å². The molecule has 0 aromatic heterocycles. The third kappa shape index (κ3) is 8.26. The Morgan fingerprint density at radius 2 is 1.31 bits per heavy atom. The van der Waals surface area contributed by atoms with Crippen LogP contribution in [-0.2, 0) is 13.6 Å². The SMILES string of the molecule is CC(C)[Si](CCC(F)(F)C(F)(F)C(F)(F)F)(O[C@@H](CCO[Si](C)(C)C(C)(C)C)[C@H](C)C=O)C(C)C. The monoisotopic (exact) mass is 556 g/mol. The highest BCUT2D eigenvalue weighted by Crippen LogP contribution is 2.51. The van der Waals surface area contributed by atoms with Crippen molar-refractivity contribution in [3.05, 3.63) is 0 Å². The van der Waals surface area contributed by atoms with E-state index in [-0.39, 0.29) is 29.1 Å². The molecule has 0 aliphatic carbocycles. The Morgan fingerprint density at radius 1 is 0.857 bits per heavy atom. The number of carbonyl (C=O) groups excluding carboxylic acids is 1. The van der Waals surface area contributed by atoms with Gasteiger partial charge in [-0.3, -0.25) is 0 Å². The fourth-order valence-corrected chi connectivity index (χ4v) is 9.55. The van der Waals surface area contributed by atoms with E-state index in [9.17, 15) is 35.5 Å². The van der Waals surface area contributed by atoms with E-state index < -0.39 is 59.1 Å². The van der Waals surface area contributed by atoms with Gasteiger partial charge in [0, 0.05) is 18.9 Å². The number of alkyl halides is 7. The molecule has 0 rings (SSSR count). The number of aldehydes is 1. The molecular weight excluding hydrogens is 513 g/mol. The van der Waals surface area contributed by atoms with Crippen LogP contribution in [-0.4, -0.2) is 53.7 Å². The lowest BCUT2D eigenvalue weighted by atomic mass is 10.0. The summed E-state index contributed by atoms with van der Waals surface area (Å²) in [6.45, 7) is 18.9. The van der Waals surface area contributed by atoms with Gasteiger partial charge in [-0.15, -0.1) is 0 Å². The first-order valence-electron chi connectivity index (χ1n) is 12.0. The first-order chi connectivity index (χ1) is 15.4. The molecule has 12 heteroatoms. The summed E-state index contributed by atoms with van der Waals surface area (Å²) in [5.41, 5.74) is -0.749. The summed E-state index contributed by atoms with van der Waals surface area (Å²) >= 11 is 0. The summed E-state index contributed by atoms with van der Waals surface area (Å²) in [6, 6.07) is -0.605. The van der Waals surface area contributed by atoms with Crippen LogP contribution in [0.25, 0.3) is 0 Å². The Bertz CT molecular complexity index is 667. The van der Waals surface area contributed by atoms with Crippen LogP contribution in [0.15, 0.2) is 0 Å². The maximum Gasteiger partial charge on any atom is 0.459 e. The third-order valence-electron chi connectivity index (χ3n) is 7.44. The van der Waals surface area contributed by atoms with Crippen molar-refractivity contribution in [3.63, 3.8) is 0 Å². The Morgan fingerprint density at radius 3 is 1.66 bits per heavy atom. The zero-order valence-corrected chi connectivity index (χ0v) is 24.6. The summed E-state index contributed by atoms with van der Waals surface area (Å²) in [5, 5.41) is -0.0662. The van der Waals surface area contributed by atoms with E-state index in [1.165, 1.54) is 0 Å². The Hall–Kier alpha value is -0.466. The van der Waals surface area contributed by atoms with Gasteiger partial charge in [0.2, 0.25) is 0 Å². The second-order valence-corrected chi connectivity index (χ2v) is 21.4. The van der Waals surface area contributed by atoms with Crippen LogP contribution in [0.1, 0.15) is 68.2 Å². The van der Waals surface area contributed by atoms with Crippen molar-refractivity contribution in [2.45, 2.75) is 128 Å². The van der Waals surface area contributed by atoms with Crippen LogP contribution >= 0.6 is 0 Å². The minimum atomic E-state index is -6.37. The van der Waals surface area contributed by atoms with Crippen molar-refractivity contribution in [1.29, 1.82) is 0 Å². The highest BCUT2D eigenvalue weighted by molar-refractivity contribution is 6.76. The number of hydrogen-bond acceptors (Lipinski definition) is 3. The van der Waals surface area contributed by atoms with Gasteiger partial charge in [0.15, 0.2) is 16.6 Å². The van der Waals surface area contributed by atoms with Gasteiger partial charge < -0.3 is 13.6 Å². The predicted octanol–water partition coefficient (Wildman–Crippen LogP) is 8.61. The molecule has 0 saturated carbocycles. The van der Waals surface area contributed by atoms with Crippen LogP contribution in [0.3, 0.4) is 0 Å². The average molecular weight is 557 g/mol. The van der Waals surface area contributed by atoms with Crippen molar-refractivity contribution in [2.75, 3.05) is 6.61 Å². The van der Waals surface area contributed by atoms with E-state index in [1.807, 2.05) is 0 Å². The molecule has 0 aliphatic rings. The van der Waals surface area contributed by atoms with Gasteiger partial charge in [-0.1, -0.05) is 55.4 Å². The van der Waals surface area contributed by atoms with E-state index in [1.54, 1.807) is 34.6 Å². The van der Waals surface area contributed by atoms with Crippen molar-refractivity contribution < 1.29 is 44.4 Å². The van der Waals surface area contributed by atoms with E-state index >= 15 is 0 Å². The van der Waals surface area contributed by atoms with Crippen molar-refractivity contribution >= 4 is 22.9 Å². The van der Waals surface area contributed by atoms with Crippen LogP contribution in [0, 0.1) is 5.92 Å². The minimum absolute atomic E-state index is 0.0662. The molecule has 0 spiro atoms. The zero-order chi connectivity index (χ0) is 28.3. The van der Waals surface area contributed by atoms with E-state index in [0.29, 0.717) is 6.29 Å². The third-order valence-corrected chi connectivity index (χ3v) is 17.7. The van der Waals surface area contributed by atoms with Gasteiger partial charge in [-0.05, 0) is 41.7 Å². The average Bonchev–Trinajstić information content (AvgIpc) is 2.66. The Kier molecular flexibility index (Phi) is 11.8. The highest BCUT2D eigenvalue weighted by Gasteiger charge is 2.72. The van der Waals surface area contributed by atoms with E-state index in [2.05, 4.69) is 33.9 Å². The lowest BCUT2D eigenvalue weighted by Crippen LogP contribution is -2.55. The van der Waals surface area contributed by atoms with Gasteiger partial charge in [0.05, 0.1) is 6.10 Å². The number of rotatable bonds is 14. The van der Waals surface area contributed by atoms with Gasteiger partial charge in [-0.25, -0.2) is 0 Å². The molecular formula is C23H43F7O3Si2. The van der Waals surface area contributed by atoms with Crippen LogP contribution < -0.4 is 0 Å². The largest absolute Gasteiger partial charge is 0.459 e. The molecule has 0 N–H and O–H groups in total. The summed E-state index contributed by atoms with van der Waals surface area (Å²) in [6.07, 6.45) is -7.82. The molecule has 0 aliphatic heterocycles. The lowest BCUT2D eigenvalue weighted by molar-refractivity contribution is -0.354. The van der Waals surface area contributed by atoms with Crippen LogP contribution in [0.2, 0.25) is 35.3 Å². The Balaban J connectivity index is 5.95. The lowest BCUT2D eigenvalue weighted by Gasteiger charge is -2.44. The normalized spacial score (nSPS) is 16.7. The number of hydrogen-bond donors (Lipinski definition) is 0. The molecule has 0 radical (unpaired) electrons. The maximum atomic E-state index is 14.2. The molecule has 35 heavy (non-hydrogen) atoms. The molecule has 2 atom stereocenters.